The van der Waals surface area contributed by atoms with E-state index in [1.54, 1.807) is 12.4 Å². The zero-order valence-electron chi connectivity index (χ0n) is 14.4. The maximum Gasteiger partial charge on any atom is 0.404 e. The van der Waals surface area contributed by atoms with Gasteiger partial charge in [0.1, 0.15) is 0 Å². The number of rotatable bonds is 6. The summed E-state index contributed by atoms with van der Waals surface area (Å²) < 4.78 is 1.02. The van der Waals surface area contributed by atoms with E-state index < -0.39 is 6.09 Å². The van der Waals surface area contributed by atoms with Crippen LogP contribution in [0.2, 0.25) is 0 Å². The highest BCUT2D eigenvalue weighted by atomic mass is 79.9. The highest BCUT2D eigenvalue weighted by Gasteiger charge is 2.10. The maximum atomic E-state index is 10.5. The van der Waals surface area contributed by atoms with Gasteiger partial charge in [-0.1, -0.05) is 28.9 Å². The highest BCUT2D eigenvalue weighted by molar-refractivity contribution is 9.10. The van der Waals surface area contributed by atoms with Gasteiger partial charge in [-0.15, -0.1) is 0 Å². The Morgan fingerprint density at radius 3 is 2.69 bits per heavy atom. The van der Waals surface area contributed by atoms with Crippen molar-refractivity contribution in [2.45, 2.75) is 19.8 Å². The Labute approximate surface area is 160 Å². The van der Waals surface area contributed by atoms with Gasteiger partial charge in [0.2, 0.25) is 0 Å². The molecule has 2 aromatic heterocycles. The average Bonchev–Trinajstić information content (AvgIpc) is 2.62. The number of amides is 1. The number of carbonyl (C=O) groups is 1. The predicted molar refractivity (Wildman–Crippen MR) is 106 cm³/mol. The minimum absolute atomic E-state index is 0.342. The number of halogens is 1. The number of carboxylic acid groups (broad SMARTS) is 1. The van der Waals surface area contributed by atoms with E-state index in [0.29, 0.717) is 12.5 Å². The summed E-state index contributed by atoms with van der Waals surface area (Å²) in [6, 6.07) is 12.3. The molecule has 1 aromatic carbocycles. The van der Waals surface area contributed by atoms with Crippen molar-refractivity contribution >= 4 is 32.9 Å². The lowest BCUT2D eigenvalue weighted by molar-refractivity contribution is 0.193. The fraction of sp³-hybridized carbons (Fsp3) is 0.250. The Morgan fingerprint density at radius 2 is 1.96 bits per heavy atom. The first-order valence-electron chi connectivity index (χ1n) is 8.49. The first kappa shape index (κ1) is 18.3. The number of fused-ring (bicyclic) bond motifs is 1. The van der Waals surface area contributed by atoms with Crippen LogP contribution in [0.4, 0.5) is 4.79 Å². The molecule has 2 heterocycles. The van der Waals surface area contributed by atoms with Crippen LogP contribution < -0.4 is 5.32 Å². The Bertz CT molecular complexity index is 916. The molecule has 1 atom stereocenters. The molecule has 0 saturated heterocycles. The lowest BCUT2D eigenvalue weighted by Gasteiger charge is -2.12. The molecule has 0 aliphatic heterocycles. The van der Waals surface area contributed by atoms with Crippen LogP contribution in [-0.2, 0) is 6.42 Å². The zero-order chi connectivity index (χ0) is 18.5. The Morgan fingerprint density at radius 1 is 1.19 bits per heavy atom. The summed E-state index contributed by atoms with van der Waals surface area (Å²) in [4.78, 5) is 19.4. The van der Waals surface area contributed by atoms with Gasteiger partial charge in [0.25, 0.3) is 0 Å². The molecule has 26 heavy (non-hydrogen) atoms. The van der Waals surface area contributed by atoms with Gasteiger partial charge < -0.3 is 10.4 Å². The van der Waals surface area contributed by atoms with Crippen molar-refractivity contribution in [3.63, 3.8) is 0 Å². The molecule has 0 aliphatic carbocycles. The Balaban J connectivity index is 1.79. The molecular weight excluding hydrogens is 394 g/mol. The summed E-state index contributed by atoms with van der Waals surface area (Å²) in [5.74, 6) is 0.342. The van der Waals surface area contributed by atoms with Crippen LogP contribution in [0.5, 0.6) is 0 Å². The Hall–Kier alpha value is -2.47. The van der Waals surface area contributed by atoms with Crippen LogP contribution in [0.1, 0.15) is 19.0 Å². The van der Waals surface area contributed by atoms with Crippen LogP contribution in [0.15, 0.2) is 53.3 Å². The molecule has 134 valence electrons. The minimum atomic E-state index is -0.978. The quantitative estimate of drug-likeness (QED) is 0.602. The normalized spacial score (nSPS) is 12.1. The predicted octanol–water partition coefficient (Wildman–Crippen LogP) is 4.90. The molecule has 3 rings (SSSR count). The van der Waals surface area contributed by atoms with E-state index in [-0.39, 0.29) is 0 Å². The summed E-state index contributed by atoms with van der Waals surface area (Å²) >= 11 is 3.67. The second-order valence-electron chi connectivity index (χ2n) is 6.39. The van der Waals surface area contributed by atoms with E-state index in [0.717, 1.165) is 45.0 Å². The molecule has 0 saturated carbocycles. The van der Waals surface area contributed by atoms with E-state index in [4.69, 9.17) is 10.1 Å². The number of aromatic nitrogens is 2. The number of nitrogens with zero attached hydrogens (tertiary/aromatic N) is 2. The third-order valence-corrected chi connectivity index (χ3v) is 4.95. The monoisotopic (exact) mass is 413 g/mol. The Kier molecular flexibility index (Phi) is 5.83. The fourth-order valence-corrected chi connectivity index (χ4v) is 3.53. The van der Waals surface area contributed by atoms with Gasteiger partial charge in [-0.2, -0.15) is 0 Å². The number of pyridine rings is 2. The van der Waals surface area contributed by atoms with E-state index in [1.165, 1.54) is 0 Å². The molecular formula is C20H20BrN3O2. The van der Waals surface area contributed by atoms with Crippen LogP contribution in [0, 0.1) is 5.92 Å². The van der Waals surface area contributed by atoms with Gasteiger partial charge >= 0.3 is 6.09 Å². The second-order valence-corrected chi connectivity index (χ2v) is 7.25. The standard InChI is InChI=1S/C20H20BrN3O2/c1-13(4-9-23-20(25)26)10-16-12-18(21)17-11-15(2-3-19(17)24-16)14-5-7-22-8-6-14/h2-3,5-8,11-13,23H,4,9-10H2,1H3,(H,25,26). The van der Waals surface area contributed by atoms with Crippen molar-refractivity contribution in [2.24, 2.45) is 5.92 Å². The zero-order valence-corrected chi connectivity index (χ0v) is 16.0. The third kappa shape index (κ3) is 4.58. The van der Waals surface area contributed by atoms with Gasteiger partial charge in [-0.25, -0.2) is 4.79 Å². The van der Waals surface area contributed by atoms with Gasteiger partial charge in [0, 0.05) is 34.5 Å². The SMILES string of the molecule is CC(CCNC(=O)O)Cc1cc(Br)c2cc(-c3ccncc3)ccc2n1. The molecule has 0 spiro atoms. The maximum absolute atomic E-state index is 10.5. The van der Waals surface area contributed by atoms with Gasteiger partial charge in [-0.05, 0) is 60.2 Å². The molecule has 6 heteroatoms. The van der Waals surface area contributed by atoms with Crippen molar-refractivity contribution < 1.29 is 9.90 Å². The first-order valence-corrected chi connectivity index (χ1v) is 9.28. The van der Waals surface area contributed by atoms with Crippen molar-refractivity contribution in [3.8, 4) is 11.1 Å². The number of benzene rings is 1. The van der Waals surface area contributed by atoms with Gasteiger partial charge in [-0.3, -0.25) is 9.97 Å². The summed E-state index contributed by atoms with van der Waals surface area (Å²) in [5, 5.41) is 12.1. The first-order chi connectivity index (χ1) is 12.5. The van der Waals surface area contributed by atoms with Crippen molar-refractivity contribution in [2.75, 3.05) is 6.54 Å². The largest absolute Gasteiger partial charge is 0.465 e. The third-order valence-electron chi connectivity index (χ3n) is 4.30. The summed E-state index contributed by atoms with van der Waals surface area (Å²) in [6.07, 6.45) is 4.19. The lowest BCUT2D eigenvalue weighted by atomic mass is 10.00. The average molecular weight is 414 g/mol. The molecule has 3 aromatic rings. The van der Waals surface area contributed by atoms with E-state index in [9.17, 15) is 4.79 Å². The molecule has 0 radical (unpaired) electrons. The van der Waals surface area contributed by atoms with Crippen LogP contribution in [0.3, 0.4) is 0 Å². The van der Waals surface area contributed by atoms with Crippen molar-refractivity contribution in [1.29, 1.82) is 0 Å². The minimum Gasteiger partial charge on any atom is -0.465 e. The molecule has 1 amide bonds. The van der Waals surface area contributed by atoms with Crippen LogP contribution in [0.25, 0.3) is 22.0 Å². The number of hydrogen-bond donors (Lipinski definition) is 2. The molecule has 0 bridgehead atoms. The fourth-order valence-electron chi connectivity index (χ4n) is 2.95. The molecule has 0 aliphatic rings. The van der Waals surface area contributed by atoms with E-state index >= 15 is 0 Å². The number of nitrogens with one attached hydrogen (secondary N) is 1. The summed E-state index contributed by atoms with van der Waals surface area (Å²) in [6.45, 7) is 2.57. The molecule has 1 unspecified atom stereocenters. The van der Waals surface area contributed by atoms with Crippen LogP contribution in [-0.4, -0.2) is 27.7 Å². The van der Waals surface area contributed by atoms with Gasteiger partial charge in [0.15, 0.2) is 0 Å². The van der Waals surface area contributed by atoms with Crippen molar-refractivity contribution in [1.82, 2.24) is 15.3 Å². The summed E-state index contributed by atoms with van der Waals surface area (Å²) in [5.41, 5.74) is 4.20. The van der Waals surface area contributed by atoms with Crippen molar-refractivity contribution in [3.05, 3.63) is 59.0 Å². The smallest absolute Gasteiger partial charge is 0.404 e. The van der Waals surface area contributed by atoms with E-state index in [1.807, 2.05) is 18.2 Å². The summed E-state index contributed by atoms with van der Waals surface area (Å²) in [7, 11) is 0. The molecule has 2 N–H and O–H groups in total. The van der Waals surface area contributed by atoms with Gasteiger partial charge in [0.05, 0.1) is 5.52 Å². The highest BCUT2D eigenvalue weighted by Crippen LogP contribution is 2.29. The second kappa shape index (κ2) is 8.27. The van der Waals surface area contributed by atoms with Crippen LogP contribution >= 0.6 is 15.9 Å². The lowest BCUT2D eigenvalue weighted by Crippen LogP contribution is -2.23. The molecule has 0 fully saturated rings. The number of hydrogen-bond acceptors (Lipinski definition) is 3. The topological polar surface area (TPSA) is 75.1 Å². The molecule has 5 nitrogen and oxygen atoms in total. The van der Waals surface area contributed by atoms with E-state index in [2.05, 4.69) is 51.4 Å².